The van der Waals surface area contributed by atoms with Gasteiger partial charge in [0.25, 0.3) is 5.91 Å². The van der Waals surface area contributed by atoms with Crippen LogP contribution in [0.25, 0.3) is 0 Å². The molecule has 1 aromatic heterocycles. The number of nitrogens with one attached hydrogen (secondary N) is 1. The van der Waals surface area contributed by atoms with Gasteiger partial charge in [0.1, 0.15) is 11.6 Å². The van der Waals surface area contributed by atoms with Crippen LogP contribution in [-0.2, 0) is 4.79 Å². The standard InChI is InChI=1S/C17H19ClN2O2/c1-3-12(2)13-4-7-15(8-5-13)22-11-17(21)20-16-9-6-14(18)10-19-16/h4-10,12H,3,11H2,1-2H3,(H,19,20,21)/t12-/m0/s1. The summed E-state index contributed by atoms with van der Waals surface area (Å²) in [5.74, 6) is 1.38. The van der Waals surface area contributed by atoms with Crippen molar-refractivity contribution in [3.05, 3.63) is 53.2 Å². The van der Waals surface area contributed by atoms with E-state index < -0.39 is 0 Å². The number of halogens is 1. The molecule has 1 atom stereocenters. The predicted octanol–water partition coefficient (Wildman–Crippen LogP) is 4.27. The van der Waals surface area contributed by atoms with Gasteiger partial charge in [0.15, 0.2) is 6.61 Å². The van der Waals surface area contributed by atoms with Crippen molar-refractivity contribution in [3.8, 4) is 5.75 Å². The Morgan fingerprint density at radius 1 is 1.27 bits per heavy atom. The molecule has 0 radical (unpaired) electrons. The molecule has 1 heterocycles. The lowest BCUT2D eigenvalue weighted by atomic mass is 9.99. The topological polar surface area (TPSA) is 51.2 Å². The Kier molecular flexibility index (Phi) is 5.78. The highest BCUT2D eigenvalue weighted by Gasteiger charge is 2.06. The van der Waals surface area contributed by atoms with Gasteiger partial charge in [-0.15, -0.1) is 0 Å². The second-order valence-corrected chi connectivity index (χ2v) is 5.51. The number of nitrogens with zero attached hydrogens (tertiary/aromatic N) is 1. The molecule has 0 aliphatic rings. The summed E-state index contributed by atoms with van der Waals surface area (Å²) in [7, 11) is 0. The average Bonchev–Trinajstić information content (AvgIpc) is 2.55. The van der Waals surface area contributed by atoms with Crippen molar-refractivity contribution in [2.75, 3.05) is 11.9 Å². The fraction of sp³-hybridized carbons (Fsp3) is 0.294. The molecule has 22 heavy (non-hydrogen) atoms. The molecule has 1 amide bonds. The molecule has 0 fully saturated rings. The van der Waals surface area contributed by atoms with Gasteiger partial charge in [-0.05, 0) is 42.2 Å². The molecule has 0 aliphatic heterocycles. The number of pyridine rings is 1. The van der Waals surface area contributed by atoms with E-state index in [2.05, 4.69) is 24.1 Å². The first-order chi connectivity index (χ1) is 10.6. The van der Waals surface area contributed by atoms with Gasteiger partial charge in [-0.2, -0.15) is 0 Å². The molecule has 116 valence electrons. The highest BCUT2D eigenvalue weighted by molar-refractivity contribution is 6.30. The first-order valence-electron chi connectivity index (χ1n) is 7.22. The highest BCUT2D eigenvalue weighted by Crippen LogP contribution is 2.21. The van der Waals surface area contributed by atoms with E-state index in [0.29, 0.717) is 22.5 Å². The Morgan fingerprint density at radius 2 is 2.00 bits per heavy atom. The van der Waals surface area contributed by atoms with Crippen LogP contribution in [0.4, 0.5) is 5.82 Å². The number of amides is 1. The van der Waals surface area contributed by atoms with Crippen molar-refractivity contribution in [1.82, 2.24) is 4.98 Å². The van der Waals surface area contributed by atoms with Crippen molar-refractivity contribution >= 4 is 23.3 Å². The molecule has 0 spiro atoms. The van der Waals surface area contributed by atoms with Crippen molar-refractivity contribution in [3.63, 3.8) is 0 Å². The molecule has 5 heteroatoms. The van der Waals surface area contributed by atoms with Crippen molar-refractivity contribution in [2.24, 2.45) is 0 Å². The van der Waals surface area contributed by atoms with E-state index in [-0.39, 0.29) is 12.5 Å². The molecule has 4 nitrogen and oxygen atoms in total. The Hall–Kier alpha value is -2.07. The Labute approximate surface area is 135 Å². The number of carbonyl (C=O) groups excluding carboxylic acids is 1. The molecular weight excluding hydrogens is 300 g/mol. The van der Waals surface area contributed by atoms with Crippen molar-refractivity contribution in [2.45, 2.75) is 26.2 Å². The number of hydrogen-bond donors (Lipinski definition) is 1. The third kappa shape index (κ3) is 4.74. The summed E-state index contributed by atoms with van der Waals surface area (Å²) >= 11 is 5.73. The molecule has 0 saturated heterocycles. The van der Waals surface area contributed by atoms with E-state index in [9.17, 15) is 4.79 Å². The van der Waals surface area contributed by atoms with Gasteiger partial charge in [-0.25, -0.2) is 4.98 Å². The number of aromatic nitrogens is 1. The van der Waals surface area contributed by atoms with Gasteiger partial charge in [0.2, 0.25) is 0 Å². The maximum atomic E-state index is 11.8. The lowest BCUT2D eigenvalue weighted by Gasteiger charge is -2.10. The number of rotatable bonds is 6. The van der Waals surface area contributed by atoms with Crippen molar-refractivity contribution in [1.29, 1.82) is 0 Å². The minimum atomic E-state index is -0.263. The van der Waals surface area contributed by atoms with Crippen LogP contribution in [0.15, 0.2) is 42.6 Å². The van der Waals surface area contributed by atoms with Gasteiger partial charge in [0, 0.05) is 6.20 Å². The molecule has 2 rings (SSSR count). The second-order valence-electron chi connectivity index (χ2n) is 5.08. The van der Waals surface area contributed by atoms with Gasteiger partial charge in [-0.1, -0.05) is 37.6 Å². The molecule has 0 bridgehead atoms. The molecule has 1 aromatic carbocycles. The van der Waals surface area contributed by atoms with Crippen LogP contribution in [0.5, 0.6) is 5.75 Å². The summed E-state index contributed by atoms with van der Waals surface area (Å²) in [6.45, 7) is 4.28. The van der Waals surface area contributed by atoms with Crippen LogP contribution in [0.3, 0.4) is 0 Å². The summed E-state index contributed by atoms with van der Waals surface area (Å²) in [5, 5.41) is 3.17. The van der Waals surface area contributed by atoms with E-state index in [1.54, 1.807) is 12.1 Å². The Morgan fingerprint density at radius 3 is 2.59 bits per heavy atom. The van der Waals surface area contributed by atoms with E-state index >= 15 is 0 Å². The SMILES string of the molecule is CC[C@H](C)c1ccc(OCC(=O)Nc2ccc(Cl)cn2)cc1. The minimum absolute atomic E-state index is 0.0625. The summed E-state index contributed by atoms with van der Waals surface area (Å²) in [6, 6.07) is 11.1. The van der Waals surface area contributed by atoms with Gasteiger partial charge in [0.05, 0.1) is 5.02 Å². The van der Waals surface area contributed by atoms with E-state index in [0.717, 1.165) is 6.42 Å². The first kappa shape index (κ1) is 16.3. The molecule has 0 aliphatic carbocycles. The monoisotopic (exact) mass is 318 g/mol. The normalized spacial score (nSPS) is 11.8. The smallest absolute Gasteiger partial charge is 0.263 e. The Balaban J connectivity index is 1.84. The highest BCUT2D eigenvalue weighted by atomic mass is 35.5. The minimum Gasteiger partial charge on any atom is -0.484 e. The number of carbonyl (C=O) groups is 1. The maximum absolute atomic E-state index is 11.8. The van der Waals surface area contributed by atoms with Crippen LogP contribution < -0.4 is 10.1 Å². The second kappa shape index (κ2) is 7.80. The summed E-state index contributed by atoms with van der Waals surface area (Å²) in [6.07, 6.45) is 2.57. The van der Waals surface area contributed by atoms with E-state index in [4.69, 9.17) is 16.3 Å². The fourth-order valence-electron chi connectivity index (χ4n) is 1.91. The molecular formula is C17H19ClN2O2. The number of benzene rings is 1. The van der Waals surface area contributed by atoms with Crippen LogP contribution in [-0.4, -0.2) is 17.5 Å². The first-order valence-corrected chi connectivity index (χ1v) is 7.60. The third-order valence-electron chi connectivity index (χ3n) is 3.43. The van der Waals surface area contributed by atoms with Gasteiger partial charge >= 0.3 is 0 Å². The Bertz CT molecular complexity index is 612. The number of hydrogen-bond acceptors (Lipinski definition) is 3. The van der Waals surface area contributed by atoms with Gasteiger partial charge in [-0.3, -0.25) is 4.79 Å². The summed E-state index contributed by atoms with van der Waals surface area (Å²) in [4.78, 5) is 15.8. The van der Waals surface area contributed by atoms with E-state index in [1.807, 2.05) is 24.3 Å². The molecule has 0 saturated carbocycles. The van der Waals surface area contributed by atoms with Crippen LogP contribution in [0.2, 0.25) is 5.02 Å². The molecule has 2 aromatic rings. The predicted molar refractivity (Wildman–Crippen MR) is 88.5 cm³/mol. The zero-order valence-corrected chi connectivity index (χ0v) is 13.4. The summed E-state index contributed by atoms with van der Waals surface area (Å²) < 4.78 is 5.47. The fourth-order valence-corrected chi connectivity index (χ4v) is 2.02. The quantitative estimate of drug-likeness (QED) is 0.865. The zero-order valence-electron chi connectivity index (χ0n) is 12.7. The van der Waals surface area contributed by atoms with Crippen molar-refractivity contribution < 1.29 is 9.53 Å². The summed E-state index contributed by atoms with van der Waals surface area (Å²) in [5.41, 5.74) is 1.27. The zero-order chi connectivity index (χ0) is 15.9. The molecule has 1 N–H and O–H groups in total. The van der Waals surface area contributed by atoms with Crippen LogP contribution in [0.1, 0.15) is 31.7 Å². The third-order valence-corrected chi connectivity index (χ3v) is 3.65. The lowest BCUT2D eigenvalue weighted by Crippen LogP contribution is -2.20. The maximum Gasteiger partial charge on any atom is 0.263 e. The lowest BCUT2D eigenvalue weighted by molar-refractivity contribution is -0.118. The largest absolute Gasteiger partial charge is 0.484 e. The molecule has 0 unspecified atom stereocenters. The van der Waals surface area contributed by atoms with Crippen LogP contribution in [0, 0.1) is 0 Å². The average molecular weight is 319 g/mol. The van der Waals surface area contributed by atoms with E-state index in [1.165, 1.54) is 11.8 Å². The van der Waals surface area contributed by atoms with Crippen LogP contribution >= 0.6 is 11.6 Å². The number of anilines is 1. The number of ether oxygens (including phenoxy) is 1. The van der Waals surface area contributed by atoms with Gasteiger partial charge < -0.3 is 10.1 Å².